The molecule has 0 aromatic heterocycles. The normalized spacial score (nSPS) is 25.4. The largest absolute Gasteiger partial charge is 0.488 e. The Morgan fingerprint density at radius 3 is 2.95 bits per heavy atom. The third kappa shape index (κ3) is 2.53. The Morgan fingerprint density at radius 1 is 1.35 bits per heavy atom. The summed E-state index contributed by atoms with van der Waals surface area (Å²) in [6.07, 6.45) is 4.91. The summed E-state index contributed by atoms with van der Waals surface area (Å²) in [6, 6.07) is 3.49. The van der Waals surface area contributed by atoms with Crippen molar-refractivity contribution in [3.63, 3.8) is 0 Å². The number of nitrogen functional groups attached to an aromatic ring is 1. The van der Waals surface area contributed by atoms with Gasteiger partial charge in [0.05, 0.1) is 11.4 Å². The lowest BCUT2D eigenvalue weighted by atomic mass is 9.88. The van der Waals surface area contributed by atoms with Gasteiger partial charge in [0.25, 0.3) is 5.91 Å². The van der Waals surface area contributed by atoms with E-state index in [9.17, 15) is 4.79 Å². The minimum absolute atomic E-state index is 0.0340. The van der Waals surface area contributed by atoms with Crippen molar-refractivity contribution in [1.82, 2.24) is 0 Å². The van der Waals surface area contributed by atoms with Crippen LogP contribution in [0, 0.1) is 5.92 Å². The minimum Gasteiger partial charge on any atom is -0.488 e. The lowest BCUT2D eigenvalue weighted by Crippen LogP contribution is -2.29. The fraction of sp³-hybridized carbons (Fsp3) is 0.533. The molecule has 1 saturated carbocycles. The highest BCUT2D eigenvalue weighted by molar-refractivity contribution is 5.96. The molecule has 1 aromatic carbocycles. The van der Waals surface area contributed by atoms with Crippen LogP contribution in [0.3, 0.4) is 0 Å². The van der Waals surface area contributed by atoms with E-state index < -0.39 is 0 Å². The average Bonchev–Trinajstić information content (AvgIpc) is 2.42. The summed E-state index contributed by atoms with van der Waals surface area (Å²) in [5, 5.41) is 2.78. The van der Waals surface area contributed by atoms with Crippen LogP contribution in [0.1, 0.15) is 32.6 Å². The first-order valence-electron chi connectivity index (χ1n) is 7.16. The minimum atomic E-state index is -0.153. The number of hydrogen-bond donors (Lipinski definition) is 2. The van der Waals surface area contributed by atoms with E-state index in [0.717, 1.165) is 6.42 Å². The molecular weight excluding hydrogens is 256 g/mol. The number of nitrogens with one attached hydrogen (secondary N) is 1. The zero-order valence-corrected chi connectivity index (χ0v) is 11.6. The second-order valence-corrected chi connectivity index (χ2v) is 5.64. The van der Waals surface area contributed by atoms with Gasteiger partial charge >= 0.3 is 0 Å². The van der Waals surface area contributed by atoms with Gasteiger partial charge in [-0.15, -0.1) is 0 Å². The zero-order valence-electron chi connectivity index (χ0n) is 11.6. The van der Waals surface area contributed by atoms with Gasteiger partial charge in [-0.1, -0.05) is 13.3 Å². The topological polar surface area (TPSA) is 73.6 Å². The molecule has 1 aromatic rings. The van der Waals surface area contributed by atoms with Gasteiger partial charge < -0.3 is 20.5 Å². The van der Waals surface area contributed by atoms with Gasteiger partial charge in [-0.3, -0.25) is 4.79 Å². The maximum absolute atomic E-state index is 11.4. The molecule has 20 heavy (non-hydrogen) atoms. The fourth-order valence-corrected chi connectivity index (χ4v) is 2.84. The number of anilines is 2. The van der Waals surface area contributed by atoms with Gasteiger partial charge in [0, 0.05) is 12.1 Å². The predicted molar refractivity (Wildman–Crippen MR) is 77.0 cm³/mol. The van der Waals surface area contributed by atoms with Crippen molar-refractivity contribution in [1.29, 1.82) is 0 Å². The molecule has 2 unspecified atom stereocenters. The molecule has 3 rings (SSSR count). The van der Waals surface area contributed by atoms with Crippen LogP contribution < -0.4 is 20.5 Å². The van der Waals surface area contributed by atoms with Gasteiger partial charge in [-0.25, -0.2) is 0 Å². The van der Waals surface area contributed by atoms with Crippen LogP contribution in [0.5, 0.6) is 11.5 Å². The predicted octanol–water partition coefficient (Wildman–Crippen LogP) is 2.56. The molecule has 0 radical (unpaired) electrons. The van der Waals surface area contributed by atoms with E-state index >= 15 is 0 Å². The van der Waals surface area contributed by atoms with Crippen molar-refractivity contribution in [2.75, 3.05) is 17.7 Å². The molecule has 0 spiro atoms. The standard InChI is InChI=1S/C15H20N2O3/c1-9-4-2-3-5-12(9)20-13-7-11-14(6-10(13)16)19-8-15(18)17-11/h6-7,9,12H,2-5,8,16H2,1H3,(H,17,18). The zero-order chi connectivity index (χ0) is 14.1. The van der Waals surface area contributed by atoms with Crippen LogP contribution in [-0.2, 0) is 4.79 Å². The van der Waals surface area contributed by atoms with Crippen molar-refractivity contribution < 1.29 is 14.3 Å². The highest BCUT2D eigenvalue weighted by Gasteiger charge is 2.25. The quantitative estimate of drug-likeness (QED) is 0.814. The van der Waals surface area contributed by atoms with E-state index in [4.69, 9.17) is 15.2 Å². The fourth-order valence-electron chi connectivity index (χ4n) is 2.84. The first-order valence-corrected chi connectivity index (χ1v) is 7.16. The second kappa shape index (κ2) is 5.23. The van der Waals surface area contributed by atoms with E-state index in [1.807, 2.05) is 0 Å². The third-order valence-electron chi connectivity index (χ3n) is 4.06. The number of fused-ring (bicyclic) bond motifs is 1. The molecule has 2 atom stereocenters. The van der Waals surface area contributed by atoms with Crippen LogP contribution in [0.4, 0.5) is 11.4 Å². The monoisotopic (exact) mass is 276 g/mol. The smallest absolute Gasteiger partial charge is 0.262 e. The van der Waals surface area contributed by atoms with Gasteiger partial charge in [-0.2, -0.15) is 0 Å². The molecular formula is C15H20N2O3. The number of ether oxygens (including phenoxy) is 2. The maximum atomic E-state index is 11.4. The summed E-state index contributed by atoms with van der Waals surface area (Å²) in [5.74, 6) is 1.61. The van der Waals surface area contributed by atoms with Gasteiger partial charge in [-0.05, 0) is 25.2 Å². The summed E-state index contributed by atoms with van der Waals surface area (Å²) in [4.78, 5) is 11.4. The molecule has 1 fully saturated rings. The number of benzene rings is 1. The molecule has 5 nitrogen and oxygen atoms in total. The second-order valence-electron chi connectivity index (χ2n) is 5.64. The van der Waals surface area contributed by atoms with E-state index in [2.05, 4.69) is 12.2 Å². The van der Waals surface area contributed by atoms with Crippen molar-refractivity contribution >= 4 is 17.3 Å². The van der Waals surface area contributed by atoms with Crippen LogP contribution in [-0.4, -0.2) is 18.6 Å². The van der Waals surface area contributed by atoms with Crippen molar-refractivity contribution in [2.24, 2.45) is 5.92 Å². The Kier molecular flexibility index (Phi) is 3.42. The first kappa shape index (κ1) is 13.1. The Bertz CT molecular complexity index is 530. The van der Waals surface area contributed by atoms with Gasteiger partial charge in [0.1, 0.15) is 17.6 Å². The number of carbonyl (C=O) groups is 1. The summed E-state index contributed by atoms with van der Waals surface area (Å²) in [6.45, 7) is 2.25. The number of carbonyl (C=O) groups excluding carboxylic acids is 1. The maximum Gasteiger partial charge on any atom is 0.262 e. The Morgan fingerprint density at radius 2 is 2.15 bits per heavy atom. The molecule has 108 valence electrons. The van der Waals surface area contributed by atoms with Crippen molar-refractivity contribution in [3.05, 3.63) is 12.1 Å². The van der Waals surface area contributed by atoms with Crippen LogP contribution >= 0.6 is 0 Å². The van der Waals surface area contributed by atoms with Crippen molar-refractivity contribution in [2.45, 2.75) is 38.7 Å². The van der Waals surface area contributed by atoms with Crippen molar-refractivity contribution in [3.8, 4) is 11.5 Å². The molecule has 2 aliphatic rings. The number of nitrogens with two attached hydrogens (primary N) is 1. The van der Waals surface area contributed by atoms with E-state index in [1.54, 1.807) is 12.1 Å². The average molecular weight is 276 g/mol. The molecule has 1 aliphatic carbocycles. The Hall–Kier alpha value is -1.91. The van der Waals surface area contributed by atoms with Gasteiger partial charge in [0.15, 0.2) is 6.61 Å². The molecule has 1 amide bonds. The summed E-state index contributed by atoms with van der Waals surface area (Å²) >= 11 is 0. The van der Waals surface area contributed by atoms with E-state index in [0.29, 0.717) is 28.8 Å². The third-order valence-corrected chi connectivity index (χ3v) is 4.06. The van der Waals surface area contributed by atoms with Crippen LogP contribution in [0.2, 0.25) is 0 Å². The lowest BCUT2D eigenvalue weighted by Gasteiger charge is -2.30. The number of hydrogen-bond acceptors (Lipinski definition) is 4. The molecule has 0 saturated heterocycles. The summed E-state index contributed by atoms with van der Waals surface area (Å²) < 4.78 is 11.4. The molecule has 0 bridgehead atoms. The van der Waals surface area contributed by atoms with Crippen LogP contribution in [0.25, 0.3) is 0 Å². The van der Waals surface area contributed by atoms with Gasteiger partial charge in [0.2, 0.25) is 0 Å². The summed E-state index contributed by atoms with van der Waals surface area (Å²) in [5.41, 5.74) is 7.21. The lowest BCUT2D eigenvalue weighted by molar-refractivity contribution is -0.118. The Labute approximate surface area is 118 Å². The molecule has 1 heterocycles. The highest BCUT2D eigenvalue weighted by Crippen LogP contribution is 2.38. The molecule has 3 N–H and O–H groups in total. The number of amides is 1. The highest BCUT2D eigenvalue weighted by atomic mass is 16.5. The first-order chi connectivity index (χ1) is 9.63. The molecule has 1 aliphatic heterocycles. The van der Waals surface area contributed by atoms with Crippen LogP contribution in [0.15, 0.2) is 12.1 Å². The SMILES string of the molecule is CC1CCCCC1Oc1cc2c(cc1N)OCC(=O)N2. The Balaban J connectivity index is 1.82. The molecule has 5 heteroatoms. The van der Waals surface area contributed by atoms with E-state index in [-0.39, 0.29) is 18.6 Å². The van der Waals surface area contributed by atoms with E-state index in [1.165, 1.54) is 19.3 Å². The number of rotatable bonds is 2. The summed E-state index contributed by atoms with van der Waals surface area (Å²) in [7, 11) is 0.